The lowest BCUT2D eigenvalue weighted by atomic mass is 10.2. The maximum Gasteiger partial charge on any atom is 0.219 e. The molecule has 0 aliphatic heterocycles. The van der Waals surface area contributed by atoms with E-state index in [1.54, 1.807) is 6.07 Å². The van der Waals surface area contributed by atoms with Gasteiger partial charge in [0.2, 0.25) is 11.7 Å². The second-order valence-electron chi connectivity index (χ2n) is 4.70. The molecule has 0 atom stereocenters. The summed E-state index contributed by atoms with van der Waals surface area (Å²) in [6.07, 6.45) is 0. The molecule has 6 nitrogen and oxygen atoms in total. The lowest BCUT2D eigenvalue weighted by Crippen LogP contribution is -2.04. The van der Waals surface area contributed by atoms with Crippen LogP contribution >= 0.6 is 11.6 Å². The summed E-state index contributed by atoms with van der Waals surface area (Å²) in [6, 6.07) is 15.0. The highest BCUT2D eigenvalue weighted by Gasteiger charge is 2.11. The Kier molecular flexibility index (Phi) is 3.08. The Balaban J connectivity index is 1.63. The van der Waals surface area contributed by atoms with Gasteiger partial charge in [0.1, 0.15) is 12.1 Å². The first-order valence-electron chi connectivity index (χ1n) is 6.67. The van der Waals surface area contributed by atoms with Crippen molar-refractivity contribution >= 4 is 22.7 Å². The first-order chi connectivity index (χ1) is 10.8. The van der Waals surface area contributed by atoms with Crippen LogP contribution in [0, 0.1) is 0 Å². The maximum atomic E-state index is 6.13. The quantitative estimate of drug-likeness (QED) is 0.581. The maximum absolute atomic E-state index is 6.13. The van der Waals surface area contributed by atoms with Crippen molar-refractivity contribution in [2.45, 2.75) is 6.54 Å². The van der Waals surface area contributed by atoms with Crippen molar-refractivity contribution in [1.82, 2.24) is 25.2 Å². The minimum absolute atomic E-state index is 0.312. The van der Waals surface area contributed by atoms with Gasteiger partial charge in [-0.15, -0.1) is 10.2 Å². The highest BCUT2D eigenvalue weighted by Crippen LogP contribution is 2.23. The van der Waals surface area contributed by atoms with Gasteiger partial charge < -0.3 is 4.42 Å². The second kappa shape index (κ2) is 5.23. The lowest BCUT2D eigenvalue weighted by molar-refractivity contribution is 0.459. The normalized spacial score (nSPS) is 11.1. The average Bonchev–Trinajstić information content (AvgIpc) is 3.14. The smallest absolute Gasteiger partial charge is 0.219 e. The summed E-state index contributed by atoms with van der Waals surface area (Å²) in [6.45, 7) is 0.312. The van der Waals surface area contributed by atoms with E-state index in [1.165, 1.54) is 4.80 Å². The summed E-state index contributed by atoms with van der Waals surface area (Å²) in [5.41, 5.74) is 2.29. The average molecular weight is 312 g/mol. The fraction of sp³-hybridized carbons (Fsp3) is 0.0667. The van der Waals surface area contributed by atoms with E-state index >= 15 is 0 Å². The van der Waals surface area contributed by atoms with Gasteiger partial charge in [0.15, 0.2) is 5.58 Å². The van der Waals surface area contributed by atoms with Gasteiger partial charge in [-0.3, -0.25) is 0 Å². The summed E-state index contributed by atoms with van der Waals surface area (Å²) in [4.78, 5) is 5.82. The largest absolute Gasteiger partial charge is 0.439 e. The lowest BCUT2D eigenvalue weighted by Gasteiger charge is -1.96. The molecule has 0 radical (unpaired) electrons. The van der Waals surface area contributed by atoms with Crippen LogP contribution in [-0.2, 0) is 6.54 Å². The SMILES string of the molecule is Clc1ccccc1-c1nnn(Cc2nc3ccccc3o2)n1. The van der Waals surface area contributed by atoms with Crippen molar-refractivity contribution in [3.63, 3.8) is 0 Å². The van der Waals surface area contributed by atoms with Crippen molar-refractivity contribution in [1.29, 1.82) is 0 Å². The molecule has 4 rings (SSSR count). The predicted octanol–water partition coefficient (Wildman–Crippen LogP) is 3.18. The van der Waals surface area contributed by atoms with Crippen LogP contribution in [0.25, 0.3) is 22.5 Å². The molecule has 0 saturated carbocycles. The van der Waals surface area contributed by atoms with Crippen LogP contribution in [0.1, 0.15) is 5.89 Å². The second-order valence-corrected chi connectivity index (χ2v) is 5.11. The molecular formula is C15H10ClN5O. The van der Waals surface area contributed by atoms with Crippen molar-refractivity contribution in [2.75, 3.05) is 0 Å². The van der Waals surface area contributed by atoms with Crippen LogP contribution < -0.4 is 0 Å². The molecule has 108 valence electrons. The standard InChI is InChI=1S/C15H10ClN5O/c16-11-6-2-1-5-10(11)15-18-20-21(19-15)9-14-17-12-7-3-4-8-13(12)22-14/h1-8H,9H2. The molecule has 22 heavy (non-hydrogen) atoms. The summed E-state index contributed by atoms with van der Waals surface area (Å²) in [7, 11) is 0. The zero-order valence-corrected chi connectivity index (χ0v) is 12.1. The molecule has 4 aromatic rings. The van der Waals surface area contributed by atoms with Crippen molar-refractivity contribution < 1.29 is 4.42 Å². The van der Waals surface area contributed by atoms with E-state index in [4.69, 9.17) is 16.0 Å². The Hall–Kier alpha value is -2.73. The number of tetrazole rings is 1. The van der Waals surface area contributed by atoms with E-state index in [2.05, 4.69) is 20.4 Å². The minimum atomic E-state index is 0.312. The highest BCUT2D eigenvalue weighted by atomic mass is 35.5. The molecule has 0 unspecified atom stereocenters. The van der Waals surface area contributed by atoms with Gasteiger partial charge in [-0.05, 0) is 29.5 Å². The number of aromatic nitrogens is 5. The summed E-state index contributed by atoms with van der Waals surface area (Å²) < 4.78 is 5.64. The van der Waals surface area contributed by atoms with E-state index in [1.807, 2.05) is 42.5 Å². The molecule has 0 aliphatic carbocycles. The number of nitrogens with zero attached hydrogens (tertiary/aromatic N) is 5. The molecule has 7 heteroatoms. The third-order valence-electron chi connectivity index (χ3n) is 3.18. The Labute approximate surface area is 130 Å². The number of para-hydroxylation sites is 2. The van der Waals surface area contributed by atoms with Gasteiger partial charge in [-0.2, -0.15) is 4.80 Å². The number of hydrogen-bond donors (Lipinski definition) is 0. The summed E-state index contributed by atoms with van der Waals surface area (Å²) in [5, 5.41) is 12.9. The van der Waals surface area contributed by atoms with Gasteiger partial charge in [0, 0.05) is 5.56 Å². The third kappa shape index (κ3) is 2.33. The van der Waals surface area contributed by atoms with E-state index < -0.39 is 0 Å². The number of oxazole rings is 1. The number of hydrogen-bond acceptors (Lipinski definition) is 5. The Bertz CT molecular complexity index is 913. The third-order valence-corrected chi connectivity index (χ3v) is 3.51. The van der Waals surface area contributed by atoms with E-state index in [-0.39, 0.29) is 0 Å². The molecule has 0 N–H and O–H groups in total. The molecular weight excluding hydrogens is 302 g/mol. The molecule has 0 bridgehead atoms. The molecule has 0 amide bonds. The Morgan fingerprint density at radius 3 is 2.73 bits per heavy atom. The highest BCUT2D eigenvalue weighted by molar-refractivity contribution is 6.33. The molecule has 0 aliphatic rings. The number of rotatable bonds is 3. The predicted molar refractivity (Wildman–Crippen MR) is 81.4 cm³/mol. The Morgan fingerprint density at radius 1 is 1.05 bits per heavy atom. The van der Waals surface area contributed by atoms with Gasteiger partial charge in [0.05, 0.1) is 5.02 Å². The first kappa shape index (κ1) is 13.0. The molecule has 0 saturated heterocycles. The van der Waals surface area contributed by atoms with Crippen LogP contribution in [0.5, 0.6) is 0 Å². The van der Waals surface area contributed by atoms with Gasteiger partial charge in [-0.1, -0.05) is 35.9 Å². The molecule has 0 spiro atoms. The number of halogens is 1. The fourth-order valence-corrected chi connectivity index (χ4v) is 2.39. The van der Waals surface area contributed by atoms with Gasteiger partial charge in [0.25, 0.3) is 0 Å². The topological polar surface area (TPSA) is 69.6 Å². The number of fused-ring (bicyclic) bond motifs is 1. The van der Waals surface area contributed by atoms with E-state index in [0.717, 1.165) is 16.7 Å². The van der Waals surface area contributed by atoms with E-state index in [0.29, 0.717) is 23.3 Å². The Morgan fingerprint density at radius 2 is 1.86 bits per heavy atom. The molecule has 2 aromatic heterocycles. The van der Waals surface area contributed by atoms with Crippen LogP contribution in [-0.4, -0.2) is 25.2 Å². The monoisotopic (exact) mass is 311 g/mol. The van der Waals surface area contributed by atoms with Crippen LogP contribution in [0.4, 0.5) is 0 Å². The van der Waals surface area contributed by atoms with Gasteiger partial charge in [-0.25, -0.2) is 4.98 Å². The van der Waals surface area contributed by atoms with Crippen molar-refractivity contribution in [3.05, 3.63) is 59.4 Å². The van der Waals surface area contributed by atoms with Gasteiger partial charge >= 0.3 is 0 Å². The minimum Gasteiger partial charge on any atom is -0.439 e. The zero-order chi connectivity index (χ0) is 14.9. The van der Waals surface area contributed by atoms with E-state index in [9.17, 15) is 0 Å². The van der Waals surface area contributed by atoms with Crippen LogP contribution in [0.3, 0.4) is 0 Å². The molecule has 2 heterocycles. The molecule has 0 fully saturated rings. The van der Waals surface area contributed by atoms with Crippen molar-refractivity contribution in [3.8, 4) is 11.4 Å². The number of benzene rings is 2. The summed E-state index contributed by atoms with van der Waals surface area (Å²) >= 11 is 6.13. The van der Waals surface area contributed by atoms with Crippen LogP contribution in [0.2, 0.25) is 5.02 Å². The van der Waals surface area contributed by atoms with Crippen LogP contribution in [0.15, 0.2) is 52.9 Å². The first-order valence-corrected chi connectivity index (χ1v) is 7.04. The summed E-state index contributed by atoms with van der Waals surface area (Å²) in [5.74, 6) is 1.01. The zero-order valence-electron chi connectivity index (χ0n) is 11.3. The molecule has 2 aromatic carbocycles. The fourth-order valence-electron chi connectivity index (χ4n) is 2.17. The van der Waals surface area contributed by atoms with Crippen molar-refractivity contribution in [2.24, 2.45) is 0 Å².